The highest BCUT2D eigenvalue weighted by atomic mass is 16.2. The predicted molar refractivity (Wildman–Crippen MR) is 54.4 cm³/mol. The molecule has 1 atom stereocenters. The maximum absolute atomic E-state index is 11.8. The van der Waals surface area contributed by atoms with E-state index in [1.807, 2.05) is 0 Å². The van der Waals surface area contributed by atoms with E-state index in [1.54, 1.807) is 11.9 Å². The van der Waals surface area contributed by atoms with E-state index >= 15 is 0 Å². The quantitative estimate of drug-likeness (QED) is 0.685. The third-order valence-electron chi connectivity index (χ3n) is 3.00. The molecule has 1 fully saturated rings. The van der Waals surface area contributed by atoms with E-state index in [4.69, 9.17) is 5.26 Å². The van der Waals surface area contributed by atoms with Crippen molar-refractivity contribution in [2.24, 2.45) is 11.3 Å². The van der Waals surface area contributed by atoms with Crippen LogP contribution in [0.5, 0.6) is 0 Å². The molecule has 0 heterocycles. The Bertz CT molecular complexity index is 263. The molecule has 0 aliphatic heterocycles. The Morgan fingerprint density at radius 1 is 1.64 bits per heavy atom. The van der Waals surface area contributed by atoms with E-state index in [1.165, 1.54) is 0 Å². The van der Waals surface area contributed by atoms with E-state index in [9.17, 15) is 4.79 Å². The van der Waals surface area contributed by atoms with Gasteiger partial charge in [0.25, 0.3) is 0 Å². The minimum Gasteiger partial charge on any atom is -0.344 e. The van der Waals surface area contributed by atoms with Crippen molar-refractivity contribution in [3.8, 4) is 6.07 Å². The summed E-state index contributed by atoms with van der Waals surface area (Å²) in [5, 5.41) is 8.87. The molecular formula is C11H18N2O. The van der Waals surface area contributed by atoms with Gasteiger partial charge in [-0.1, -0.05) is 20.3 Å². The Labute approximate surface area is 85.7 Å². The highest BCUT2D eigenvalue weighted by Crippen LogP contribution is 2.46. The molecule has 1 saturated carbocycles. The lowest BCUT2D eigenvalue weighted by Gasteiger charge is -2.22. The van der Waals surface area contributed by atoms with Gasteiger partial charge in [-0.3, -0.25) is 4.79 Å². The Hall–Kier alpha value is -1.04. The van der Waals surface area contributed by atoms with Gasteiger partial charge in [0.15, 0.2) is 0 Å². The smallest absolute Gasteiger partial charge is 0.242 e. The molecule has 0 radical (unpaired) electrons. The number of nitrogens with zero attached hydrogens (tertiary/aromatic N) is 2. The van der Waals surface area contributed by atoms with Gasteiger partial charge in [-0.15, -0.1) is 0 Å². The van der Waals surface area contributed by atoms with E-state index in [0.717, 1.165) is 25.8 Å². The van der Waals surface area contributed by atoms with Crippen LogP contribution in [0.25, 0.3) is 0 Å². The van der Waals surface area contributed by atoms with Crippen molar-refractivity contribution in [1.29, 1.82) is 5.26 Å². The first-order chi connectivity index (χ1) is 6.55. The number of hydrogen-bond acceptors (Lipinski definition) is 2. The lowest BCUT2D eigenvalue weighted by Crippen LogP contribution is -2.36. The molecule has 3 heteroatoms. The fourth-order valence-corrected chi connectivity index (χ4v) is 1.54. The number of hydrogen-bond donors (Lipinski definition) is 0. The maximum atomic E-state index is 11.8. The van der Waals surface area contributed by atoms with Gasteiger partial charge in [-0.25, -0.2) is 0 Å². The zero-order valence-electron chi connectivity index (χ0n) is 9.21. The van der Waals surface area contributed by atoms with Crippen LogP contribution in [0, 0.1) is 22.7 Å². The molecule has 3 nitrogen and oxygen atoms in total. The number of nitriles is 1. The summed E-state index contributed by atoms with van der Waals surface area (Å²) in [5.41, 5.74) is -0.651. The highest BCUT2D eigenvalue weighted by molar-refractivity contribution is 5.88. The lowest BCUT2D eigenvalue weighted by molar-refractivity contribution is -0.134. The van der Waals surface area contributed by atoms with Crippen LogP contribution in [0.15, 0.2) is 0 Å². The Morgan fingerprint density at radius 2 is 2.21 bits per heavy atom. The second kappa shape index (κ2) is 4.00. The molecule has 14 heavy (non-hydrogen) atoms. The second-order valence-electron chi connectivity index (χ2n) is 4.39. The number of rotatable bonds is 4. The molecule has 78 valence electrons. The largest absolute Gasteiger partial charge is 0.344 e. The SMILES string of the molecule is CCC(C)CN(C)C(=O)C1(C#N)CC1. The molecule has 0 bridgehead atoms. The van der Waals surface area contributed by atoms with Crippen LogP contribution in [0.2, 0.25) is 0 Å². The van der Waals surface area contributed by atoms with Gasteiger partial charge >= 0.3 is 0 Å². The summed E-state index contributed by atoms with van der Waals surface area (Å²) in [4.78, 5) is 13.5. The van der Waals surface area contributed by atoms with Crippen LogP contribution in [0.4, 0.5) is 0 Å². The van der Waals surface area contributed by atoms with Gasteiger partial charge in [0.05, 0.1) is 6.07 Å². The predicted octanol–water partition coefficient (Wildman–Crippen LogP) is 1.79. The maximum Gasteiger partial charge on any atom is 0.242 e. The monoisotopic (exact) mass is 194 g/mol. The molecule has 1 rings (SSSR count). The Morgan fingerprint density at radius 3 is 2.57 bits per heavy atom. The summed E-state index contributed by atoms with van der Waals surface area (Å²) in [6.45, 7) is 4.99. The molecule has 0 aromatic rings. The molecule has 0 aromatic heterocycles. The summed E-state index contributed by atoms with van der Waals surface area (Å²) in [6, 6.07) is 2.13. The third kappa shape index (κ3) is 2.06. The fraction of sp³-hybridized carbons (Fsp3) is 0.818. The molecule has 1 unspecified atom stereocenters. The summed E-state index contributed by atoms with van der Waals surface area (Å²) < 4.78 is 0. The van der Waals surface area contributed by atoms with Gasteiger partial charge in [0, 0.05) is 13.6 Å². The van der Waals surface area contributed by atoms with Crippen molar-refractivity contribution in [3.05, 3.63) is 0 Å². The van der Waals surface area contributed by atoms with E-state index in [-0.39, 0.29) is 5.91 Å². The zero-order chi connectivity index (χ0) is 10.8. The minimum atomic E-state index is -0.651. The lowest BCUT2D eigenvalue weighted by atomic mass is 10.1. The average molecular weight is 194 g/mol. The molecule has 0 aromatic carbocycles. The van der Waals surface area contributed by atoms with Crippen LogP contribution in [-0.4, -0.2) is 24.4 Å². The van der Waals surface area contributed by atoms with Crippen molar-refractivity contribution in [2.75, 3.05) is 13.6 Å². The molecule has 1 amide bonds. The highest BCUT2D eigenvalue weighted by Gasteiger charge is 2.51. The zero-order valence-corrected chi connectivity index (χ0v) is 9.21. The van der Waals surface area contributed by atoms with Crippen molar-refractivity contribution < 1.29 is 4.79 Å². The molecule has 1 aliphatic rings. The first kappa shape index (κ1) is 11.0. The topological polar surface area (TPSA) is 44.1 Å². The first-order valence-corrected chi connectivity index (χ1v) is 5.22. The van der Waals surface area contributed by atoms with Crippen LogP contribution in [0.3, 0.4) is 0 Å². The minimum absolute atomic E-state index is 0.0142. The molecule has 0 spiro atoms. The van der Waals surface area contributed by atoms with E-state index in [2.05, 4.69) is 19.9 Å². The Balaban J connectivity index is 2.50. The standard InChI is InChI=1S/C11H18N2O/c1-4-9(2)7-13(3)10(14)11(8-12)5-6-11/h9H,4-7H2,1-3H3. The Kier molecular flexibility index (Phi) is 3.15. The van der Waals surface area contributed by atoms with Crippen LogP contribution in [0.1, 0.15) is 33.1 Å². The van der Waals surface area contributed by atoms with Gasteiger partial charge < -0.3 is 4.90 Å². The van der Waals surface area contributed by atoms with Crippen LogP contribution in [-0.2, 0) is 4.79 Å². The fourth-order valence-electron chi connectivity index (χ4n) is 1.54. The van der Waals surface area contributed by atoms with E-state index < -0.39 is 5.41 Å². The third-order valence-corrected chi connectivity index (χ3v) is 3.00. The summed E-state index contributed by atoms with van der Waals surface area (Å²) >= 11 is 0. The molecular weight excluding hydrogens is 176 g/mol. The summed E-state index contributed by atoms with van der Waals surface area (Å²) in [7, 11) is 1.80. The van der Waals surface area contributed by atoms with Gasteiger partial charge in [-0.05, 0) is 18.8 Å². The second-order valence-corrected chi connectivity index (χ2v) is 4.39. The number of amides is 1. The average Bonchev–Trinajstić information content (AvgIpc) is 2.97. The summed E-state index contributed by atoms with van der Waals surface area (Å²) in [5.74, 6) is 0.527. The van der Waals surface area contributed by atoms with Crippen molar-refractivity contribution >= 4 is 5.91 Å². The first-order valence-electron chi connectivity index (χ1n) is 5.22. The van der Waals surface area contributed by atoms with Gasteiger partial charge in [-0.2, -0.15) is 5.26 Å². The van der Waals surface area contributed by atoms with Gasteiger partial charge in [0.2, 0.25) is 5.91 Å². The number of carbonyl (C=O) groups is 1. The van der Waals surface area contributed by atoms with Crippen molar-refractivity contribution in [3.63, 3.8) is 0 Å². The van der Waals surface area contributed by atoms with Crippen molar-refractivity contribution in [2.45, 2.75) is 33.1 Å². The molecule has 0 saturated heterocycles. The van der Waals surface area contributed by atoms with Crippen molar-refractivity contribution in [1.82, 2.24) is 4.90 Å². The molecule has 1 aliphatic carbocycles. The van der Waals surface area contributed by atoms with Crippen LogP contribution < -0.4 is 0 Å². The van der Waals surface area contributed by atoms with Crippen LogP contribution >= 0.6 is 0 Å². The molecule has 0 N–H and O–H groups in total. The summed E-state index contributed by atoms with van der Waals surface area (Å²) in [6.07, 6.45) is 2.55. The normalized spacial score (nSPS) is 19.6. The van der Waals surface area contributed by atoms with Gasteiger partial charge in [0.1, 0.15) is 5.41 Å². The number of carbonyl (C=O) groups excluding carboxylic acids is 1. The van der Waals surface area contributed by atoms with E-state index in [0.29, 0.717) is 5.92 Å².